The Kier molecular flexibility index (Phi) is 10.2. The zero-order valence-electron chi connectivity index (χ0n) is 16.1. The Bertz CT molecular complexity index is 654. The number of halogens is 1. The van der Waals surface area contributed by atoms with Crippen molar-refractivity contribution in [1.82, 2.24) is 25.4 Å². The second-order valence-electron chi connectivity index (χ2n) is 6.86. The molecule has 1 atom stereocenters. The van der Waals surface area contributed by atoms with Crippen LogP contribution in [0.4, 0.5) is 0 Å². The van der Waals surface area contributed by atoms with Crippen LogP contribution in [0.25, 0.3) is 0 Å². The van der Waals surface area contributed by atoms with Gasteiger partial charge >= 0.3 is 0 Å². The van der Waals surface area contributed by atoms with Gasteiger partial charge in [0, 0.05) is 19.6 Å². The van der Waals surface area contributed by atoms with E-state index < -0.39 is 0 Å². The Hall–Kier alpha value is -1.64. The van der Waals surface area contributed by atoms with Crippen molar-refractivity contribution in [1.29, 1.82) is 0 Å². The summed E-state index contributed by atoms with van der Waals surface area (Å²) in [7, 11) is 1.81. The van der Waals surface area contributed by atoms with Gasteiger partial charge in [0.25, 0.3) is 0 Å². The molecule has 0 spiro atoms. The summed E-state index contributed by atoms with van der Waals surface area (Å²) < 4.78 is 1.82. The number of rotatable bonds is 8. The van der Waals surface area contributed by atoms with Crippen molar-refractivity contribution >= 4 is 29.9 Å². The number of benzene rings is 1. The maximum atomic E-state index is 4.33. The van der Waals surface area contributed by atoms with E-state index in [4.69, 9.17) is 0 Å². The van der Waals surface area contributed by atoms with E-state index in [0.717, 1.165) is 31.4 Å². The van der Waals surface area contributed by atoms with Gasteiger partial charge in [-0.25, -0.2) is 9.67 Å². The first-order valence-corrected chi connectivity index (χ1v) is 8.94. The molecule has 2 aromatic rings. The third-order valence-corrected chi connectivity index (χ3v) is 4.05. The molecule has 144 valence electrons. The topological polar surface area (TPSA) is 67.1 Å². The van der Waals surface area contributed by atoms with Crippen LogP contribution in [-0.2, 0) is 13.1 Å². The summed E-state index contributed by atoms with van der Waals surface area (Å²) in [5.41, 5.74) is 2.42. The molecular weight excluding hydrogens is 439 g/mol. The highest BCUT2D eigenvalue weighted by Gasteiger charge is 2.06. The highest BCUT2D eigenvalue weighted by atomic mass is 127. The van der Waals surface area contributed by atoms with E-state index in [1.165, 1.54) is 17.5 Å². The molecule has 0 saturated heterocycles. The molecule has 1 aromatic heterocycles. The van der Waals surface area contributed by atoms with E-state index in [-0.39, 0.29) is 24.0 Å². The summed E-state index contributed by atoms with van der Waals surface area (Å²) in [6.07, 6.45) is 5.65. The largest absolute Gasteiger partial charge is 0.354 e. The van der Waals surface area contributed by atoms with E-state index in [1.54, 1.807) is 12.7 Å². The van der Waals surface area contributed by atoms with Gasteiger partial charge in [0.15, 0.2) is 5.96 Å². The fraction of sp³-hybridized carbons (Fsp3) is 0.526. The molecule has 26 heavy (non-hydrogen) atoms. The highest BCUT2D eigenvalue weighted by Crippen LogP contribution is 2.08. The van der Waals surface area contributed by atoms with Gasteiger partial charge in [0.2, 0.25) is 0 Å². The first-order chi connectivity index (χ1) is 12.1. The van der Waals surface area contributed by atoms with Gasteiger partial charge in [-0.05, 0) is 36.8 Å². The number of guanidine groups is 1. The standard InChI is InChI=1S/C19H30N6.HI/c1-15(2)8-9-16(3)24-19(20-4)22-11-17-6-5-7-18(10-17)12-25-14-21-13-23-25;/h5-7,10,13-16H,8-9,11-12H2,1-4H3,(H2,20,22,24);1H. The molecule has 0 aliphatic carbocycles. The molecule has 0 aliphatic rings. The molecule has 1 unspecified atom stereocenters. The summed E-state index contributed by atoms with van der Waals surface area (Å²) >= 11 is 0. The van der Waals surface area contributed by atoms with Crippen LogP contribution in [0.1, 0.15) is 44.7 Å². The average molecular weight is 470 g/mol. The Morgan fingerprint density at radius 3 is 2.62 bits per heavy atom. The zero-order chi connectivity index (χ0) is 18.1. The van der Waals surface area contributed by atoms with Crippen LogP contribution in [-0.4, -0.2) is 33.8 Å². The van der Waals surface area contributed by atoms with E-state index in [0.29, 0.717) is 6.04 Å². The number of nitrogens with zero attached hydrogens (tertiary/aromatic N) is 4. The Labute approximate surface area is 173 Å². The fourth-order valence-corrected chi connectivity index (χ4v) is 2.61. The minimum atomic E-state index is 0. The summed E-state index contributed by atoms with van der Waals surface area (Å²) in [6.45, 7) is 8.18. The number of aromatic nitrogens is 3. The summed E-state index contributed by atoms with van der Waals surface area (Å²) in [4.78, 5) is 8.31. The molecule has 0 saturated carbocycles. The van der Waals surface area contributed by atoms with Crippen LogP contribution in [0.5, 0.6) is 0 Å². The second-order valence-corrected chi connectivity index (χ2v) is 6.86. The van der Waals surface area contributed by atoms with Gasteiger partial charge in [0.05, 0.1) is 6.54 Å². The van der Waals surface area contributed by atoms with Crippen molar-refractivity contribution in [2.24, 2.45) is 10.9 Å². The molecular formula is C19H31IN6. The minimum Gasteiger partial charge on any atom is -0.354 e. The maximum Gasteiger partial charge on any atom is 0.191 e. The van der Waals surface area contributed by atoms with Gasteiger partial charge in [0.1, 0.15) is 12.7 Å². The van der Waals surface area contributed by atoms with Crippen molar-refractivity contribution in [3.63, 3.8) is 0 Å². The van der Waals surface area contributed by atoms with Gasteiger partial charge < -0.3 is 10.6 Å². The number of hydrogen-bond acceptors (Lipinski definition) is 3. The summed E-state index contributed by atoms with van der Waals surface area (Å²) in [5, 5.41) is 11.0. The molecule has 2 rings (SSSR count). The van der Waals surface area contributed by atoms with E-state index >= 15 is 0 Å². The molecule has 1 heterocycles. The lowest BCUT2D eigenvalue weighted by Crippen LogP contribution is -2.41. The molecule has 0 amide bonds. The molecule has 0 bridgehead atoms. The monoisotopic (exact) mass is 470 g/mol. The van der Waals surface area contributed by atoms with Crippen molar-refractivity contribution in [2.45, 2.75) is 52.7 Å². The van der Waals surface area contributed by atoms with Crippen LogP contribution >= 0.6 is 24.0 Å². The maximum absolute atomic E-state index is 4.33. The van der Waals surface area contributed by atoms with E-state index in [2.05, 4.69) is 70.7 Å². The lowest BCUT2D eigenvalue weighted by Gasteiger charge is -2.19. The second kappa shape index (κ2) is 11.9. The van der Waals surface area contributed by atoms with Gasteiger partial charge in [-0.1, -0.05) is 38.1 Å². The molecule has 2 N–H and O–H groups in total. The quantitative estimate of drug-likeness (QED) is 0.353. The lowest BCUT2D eigenvalue weighted by atomic mass is 10.0. The van der Waals surface area contributed by atoms with Gasteiger partial charge in [-0.3, -0.25) is 4.99 Å². The summed E-state index contributed by atoms with van der Waals surface area (Å²) in [6, 6.07) is 8.89. The van der Waals surface area contributed by atoms with Crippen LogP contribution in [0.3, 0.4) is 0 Å². The molecule has 0 radical (unpaired) electrons. The van der Waals surface area contributed by atoms with Crippen LogP contribution in [0.2, 0.25) is 0 Å². The van der Waals surface area contributed by atoms with Crippen molar-refractivity contribution in [3.05, 3.63) is 48.0 Å². The Morgan fingerprint density at radius 2 is 1.96 bits per heavy atom. The zero-order valence-corrected chi connectivity index (χ0v) is 18.5. The molecule has 0 fully saturated rings. The van der Waals surface area contributed by atoms with Crippen LogP contribution < -0.4 is 10.6 Å². The molecule has 7 heteroatoms. The SMILES string of the molecule is CN=C(NCc1cccc(Cn2cncn2)c1)NC(C)CCC(C)C.I. The summed E-state index contributed by atoms with van der Waals surface area (Å²) in [5.74, 6) is 1.57. The average Bonchev–Trinajstić information content (AvgIpc) is 3.10. The van der Waals surface area contributed by atoms with E-state index in [9.17, 15) is 0 Å². The van der Waals surface area contributed by atoms with Crippen molar-refractivity contribution in [3.8, 4) is 0 Å². The van der Waals surface area contributed by atoms with Crippen LogP contribution in [0.15, 0.2) is 41.9 Å². The lowest BCUT2D eigenvalue weighted by molar-refractivity contribution is 0.489. The predicted octanol–water partition coefficient (Wildman–Crippen LogP) is 3.43. The third kappa shape index (κ3) is 8.16. The van der Waals surface area contributed by atoms with Crippen molar-refractivity contribution in [2.75, 3.05) is 7.05 Å². The van der Waals surface area contributed by atoms with Crippen molar-refractivity contribution < 1.29 is 0 Å². The van der Waals surface area contributed by atoms with Gasteiger partial charge in [-0.15, -0.1) is 24.0 Å². The number of nitrogens with one attached hydrogen (secondary N) is 2. The van der Waals surface area contributed by atoms with Crippen LogP contribution in [0, 0.1) is 5.92 Å². The normalized spacial score (nSPS) is 12.6. The highest BCUT2D eigenvalue weighted by molar-refractivity contribution is 14.0. The minimum absolute atomic E-state index is 0. The third-order valence-electron chi connectivity index (χ3n) is 4.05. The molecule has 0 aliphatic heterocycles. The first-order valence-electron chi connectivity index (χ1n) is 8.94. The fourth-order valence-electron chi connectivity index (χ4n) is 2.61. The van der Waals surface area contributed by atoms with E-state index in [1.807, 2.05) is 11.7 Å². The predicted molar refractivity (Wildman–Crippen MR) is 118 cm³/mol. The van der Waals surface area contributed by atoms with Gasteiger partial charge in [-0.2, -0.15) is 5.10 Å². The smallest absolute Gasteiger partial charge is 0.191 e. The Morgan fingerprint density at radius 1 is 1.19 bits per heavy atom. The number of aliphatic imine (C=N–C) groups is 1. The molecule has 1 aromatic carbocycles. The Balaban J connectivity index is 0.00000338. The molecule has 6 nitrogen and oxygen atoms in total. The number of hydrogen-bond donors (Lipinski definition) is 2. The first kappa shape index (κ1) is 22.4.